The predicted octanol–water partition coefficient (Wildman–Crippen LogP) is 5.21. The summed E-state index contributed by atoms with van der Waals surface area (Å²) in [5.41, 5.74) is 3.42. The lowest BCUT2D eigenvalue weighted by Gasteiger charge is -2.05. The van der Waals surface area contributed by atoms with Gasteiger partial charge < -0.3 is 0 Å². The van der Waals surface area contributed by atoms with Crippen LogP contribution in [0.15, 0.2) is 72.8 Å². The minimum Gasteiger partial charge on any atom is -0.0622 e. The first kappa shape index (κ1) is 11.7. The van der Waals surface area contributed by atoms with Crippen LogP contribution in [0.5, 0.6) is 0 Å². The molecule has 0 atom stereocenters. The fourth-order valence-corrected chi connectivity index (χ4v) is 2.30. The minimum atomic E-state index is 1.04. The molecule has 0 fully saturated rings. The van der Waals surface area contributed by atoms with Crippen LogP contribution in [0.25, 0.3) is 22.4 Å². The van der Waals surface area contributed by atoms with Crippen LogP contribution in [0.2, 0.25) is 0 Å². The molecule has 1 radical (unpaired) electrons. The molecular weight excluding hydrogens is 228 g/mol. The second kappa shape index (κ2) is 5.11. The fourth-order valence-electron chi connectivity index (χ4n) is 2.30. The van der Waals surface area contributed by atoms with Gasteiger partial charge in [0.15, 0.2) is 0 Å². The smallest absolute Gasteiger partial charge is 0.0111 e. The molecule has 91 valence electrons. The minimum absolute atomic E-state index is 1.04. The van der Waals surface area contributed by atoms with Crippen molar-refractivity contribution in [3.05, 3.63) is 90.8 Å². The van der Waals surface area contributed by atoms with Crippen molar-refractivity contribution in [1.82, 2.24) is 0 Å². The largest absolute Gasteiger partial charge is 0.0622 e. The van der Waals surface area contributed by atoms with E-state index in [1.165, 1.54) is 16.3 Å². The van der Waals surface area contributed by atoms with Crippen LogP contribution in [0.3, 0.4) is 0 Å². The summed E-state index contributed by atoms with van der Waals surface area (Å²) in [5, 5.41) is 2.53. The lowest BCUT2D eigenvalue weighted by Crippen LogP contribution is -1.81. The molecule has 0 N–H and O–H groups in total. The average Bonchev–Trinajstić information content (AvgIpc) is 2.48. The number of rotatable bonds is 2. The molecule has 0 unspecified atom stereocenters. The maximum absolute atomic E-state index is 4.17. The van der Waals surface area contributed by atoms with Crippen molar-refractivity contribution < 1.29 is 0 Å². The molecule has 0 bridgehead atoms. The molecule has 0 nitrogen and oxygen atoms in total. The van der Waals surface area contributed by atoms with Crippen molar-refractivity contribution in [3.63, 3.8) is 0 Å². The monoisotopic (exact) mass is 243 g/mol. The lowest BCUT2D eigenvalue weighted by molar-refractivity contribution is 1.63. The van der Waals surface area contributed by atoms with Gasteiger partial charge in [0.05, 0.1) is 0 Å². The second-order valence-corrected chi connectivity index (χ2v) is 4.60. The normalized spacial score (nSPS) is 11.7. The Morgan fingerprint density at radius 1 is 0.737 bits per heavy atom. The van der Waals surface area contributed by atoms with E-state index < -0.39 is 0 Å². The standard InChI is InChI=1S/C19H15/c1-15(16-8-3-2-4-9-16)14-18-12-7-11-17-10-5-6-13-19(17)18/h2-14H,1H2/b15-14-. The van der Waals surface area contributed by atoms with E-state index >= 15 is 0 Å². The van der Waals surface area contributed by atoms with Crippen molar-refractivity contribution >= 4 is 22.4 Å². The Balaban J connectivity index is 2.11. The van der Waals surface area contributed by atoms with Gasteiger partial charge >= 0.3 is 0 Å². The van der Waals surface area contributed by atoms with Crippen molar-refractivity contribution in [2.75, 3.05) is 0 Å². The van der Waals surface area contributed by atoms with E-state index in [1.54, 1.807) is 0 Å². The van der Waals surface area contributed by atoms with Gasteiger partial charge in [-0.25, -0.2) is 0 Å². The Hall–Kier alpha value is -2.34. The summed E-state index contributed by atoms with van der Waals surface area (Å²) in [5.74, 6) is 0. The van der Waals surface area contributed by atoms with Gasteiger partial charge in [-0.15, -0.1) is 0 Å². The molecule has 19 heavy (non-hydrogen) atoms. The van der Waals surface area contributed by atoms with E-state index in [4.69, 9.17) is 0 Å². The third-order valence-electron chi connectivity index (χ3n) is 3.30. The Bertz CT molecular complexity index is 716. The van der Waals surface area contributed by atoms with E-state index in [0.717, 1.165) is 11.1 Å². The maximum atomic E-state index is 4.17. The first-order valence-corrected chi connectivity index (χ1v) is 6.41. The van der Waals surface area contributed by atoms with E-state index in [9.17, 15) is 0 Å². The van der Waals surface area contributed by atoms with Crippen LogP contribution in [-0.4, -0.2) is 0 Å². The number of allylic oxidation sites excluding steroid dienone is 1. The molecule has 0 heterocycles. The summed E-state index contributed by atoms with van der Waals surface area (Å²) < 4.78 is 0. The van der Waals surface area contributed by atoms with E-state index in [2.05, 4.69) is 67.6 Å². The van der Waals surface area contributed by atoms with E-state index in [0.29, 0.717) is 0 Å². The summed E-state index contributed by atoms with van der Waals surface area (Å²) in [6, 6.07) is 25.1. The molecule has 0 aromatic heterocycles. The van der Waals surface area contributed by atoms with Crippen molar-refractivity contribution in [2.24, 2.45) is 0 Å². The van der Waals surface area contributed by atoms with Crippen LogP contribution < -0.4 is 0 Å². The summed E-state index contributed by atoms with van der Waals surface area (Å²) in [6.45, 7) is 4.17. The Labute approximate surface area is 114 Å². The zero-order valence-corrected chi connectivity index (χ0v) is 10.7. The molecule has 0 amide bonds. The molecule has 0 aliphatic rings. The highest BCUT2D eigenvalue weighted by Gasteiger charge is 1.99. The highest BCUT2D eigenvalue weighted by molar-refractivity contribution is 5.96. The lowest BCUT2D eigenvalue weighted by atomic mass is 10.00. The zero-order chi connectivity index (χ0) is 13.1. The topological polar surface area (TPSA) is 0 Å². The van der Waals surface area contributed by atoms with Gasteiger partial charge in [-0.1, -0.05) is 78.9 Å². The molecule has 0 aliphatic carbocycles. The highest BCUT2D eigenvalue weighted by Crippen LogP contribution is 2.23. The van der Waals surface area contributed by atoms with Gasteiger partial charge in [-0.2, -0.15) is 0 Å². The average molecular weight is 243 g/mol. The molecule has 0 saturated heterocycles. The number of fused-ring (bicyclic) bond motifs is 1. The molecule has 0 heteroatoms. The zero-order valence-electron chi connectivity index (χ0n) is 10.7. The summed E-state index contributed by atoms with van der Waals surface area (Å²) in [6.07, 6.45) is 2.15. The number of hydrogen-bond acceptors (Lipinski definition) is 0. The van der Waals surface area contributed by atoms with Gasteiger partial charge in [0, 0.05) is 0 Å². The number of benzene rings is 3. The molecule has 0 saturated carbocycles. The molecule has 0 spiro atoms. The molecule has 0 aliphatic heterocycles. The Morgan fingerprint density at radius 2 is 1.42 bits per heavy atom. The van der Waals surface area contributed by atoms with Crippen molar-refractivity contribution in [2.45, 2.75) is 0 Å². The predicted molar refractivity (Wildman–Crippen MR) is 83.6 cm³/mol. The number of hydrogen-bond donors (Lipinski definition) is 0. The first-order chi connectivity index (χ1) is 9.34. The van der Waals surface area contributed by atoms with Gasteiger partial charge in [-0.05, 0) is 34.4 Å². The Kier molecular flexibility index (Phi) is 3.16. The quantitative estimate of drug-likeness (QED) is 0.542. The molecule has 3 aromatic carbocycles. The maximum Gasteiger partial charge on any atom is -0.0111 e. The summed E-state index contributed by atoms with van der Waals surface area (Å²) >= 11 is 0. The van der Waals surface area contributed by atoms with E-state index in [1.807, 2.05) is 18.2 Å². The van der Waals surface area contributed by atoms with E-state index in [-0.39, 0.29) is 0 Å². The Morgan fingerprint density at radius 3 is 2.26 bits per heavy atom. The van der Waals surface area contributed by atoms with Gasteiger partial charge in [0.25, 0.3) is 0 Å². The van der Waals surface area contributed by atoms with Gasteiger partial charge in [-0.3, -0.25) is 0 Å². The third-order valence-corrected chi connectivity index (χ3v) is 3.30. The van der Waals surface area contributed by atoms with Gasteiger partial charge in [0.2, 0.25) is 0 Å². The summed E-state index contributed by atoms with van der Waals surface area (Å²) in [4.78, 5) is 0. The fraction of sp³-hybridized carbons (Fsp3) is 0. The van der Waals surface area contributed by atoms with Crippen molar-refractivity contribution in [3.8, 4) is 0 Å². The van der Waals surface area contributed by atoms with Crippen LogP contribution in [-0.2, 0) is 0 Å². The SMILES string of the molecule is [CH2]/C(=C/c1cccc2ccccc12)c1ccccc1. The highest BCUT2D eigenvalue weighted by atomic mass is 14.0. The van der Waals surface area contributed by atoms with Crippen LogP contribution in [0.4, 0.5) is 0 Å². The second-order valence-electron chi connectivity index (χ2n) is 4.60. The third kappa shape index (κ3) is 2.43. The molecule has 3 aromatic rings. The first-order valence-electron chi connectivity index (χ1n) is 6.41. The molecular formula is C19H15. The summed E-state index contributed by atoms with van der Waals surface area (Å²) in [7, 11) is 0. The van der Waals surface area contributed by atoms with Gasteiger partial charge in [0.1, 0.15) is 0 Å². The van der Waals surface area contributed by atoms with Crippen LogP contribution in [0.1, 0.15) is 11.1 Å². The van der Waals surface area contributed by atoms with Crippen LogP contribution in [0, 0.1) is 6.92 Å². The molecule has 3 rings (SSSR count). The van der Waals surface area contributed by atoms with Crippen molar-refractivity contribution in [1.29, 1.82) is 0 Å². The van der Waals surface area contributed by atoms with Crippen LogP contribution >= 0.6 is 0 Å².